The van der Waals surface area contributed by atoms with Gasteiger partial charge in [-0.2, -0.15) is 0 Å². The third kappa shape index (κ3) is 3.98. The van der Waals surface area contributed by atoms with Gasteiger partial charge in [0.2, 0.25) is 17.7 Å². The summed E-state index contributed by atoms with van der Waals surface area (Å²) in [4.78, 5) is 58.6. The number of imide groups is 1. The third-order valence-corrected chi connectivity index (χ3v) is 7.86. The predicted molar refractivity (Wildman–Crippen MR) is 135 cm³/mol. The molecule has 3 aliphatic heterocycles. The summed E-state index contributed by atoms with van der Waals surface area (Å²) in [7, 11) is 1.31. The van der Waals surface area contributed by atoms with Crippen molar-refractivity contribution in [2.75, 3.05) is 31.6 Å². The molecule has 4 amide bonds. The van der Waals surface area contributed by atoms with E-state index in [1.54, 1.807) is 24.3 Å². The van der Waals surface area contributed by atoms with Gasteiger partial charge in [-0.15, -0.1) is 0 Å². The summed E-state index contributed by atoms with van der Waals surface area (Å²) in [5.74, 6) is -2.31. The van der Waals surface area contributed by atoms with Crippen LogP contribution in [0.1, 0.15) is 40.9 Å². The van der Waals surface area contributed by atoms with Crippen molar-refractivity contribution in [2.45, 2.75) is 31.2 Å². The lowest BCUT2D eigenvalue weighted by molar-refractivity contribution is -0.127. The number of anilines is 1. The molecule has 3 aromatic rings. The van der Waals surface area contributed by atoms with Crippen molar-refractivity contribution in [1.29, 1.82) is 0 Å². The van der Waals surface area contributed by atoms with Crippen LogP contribution in [0.5, 0.6) is 5.75 Å². The largest absolute Gasteiger partial charge is 0.494 e. The zero-order chi connectivity index (χ0) is 27.5. The van der Waals surface area contributed by atoms with Crippen LogP contribution in [0.4, 0.5) is 10.2 Å². The molecule has 0 aliphatic carbocycles. The molecule has 202 valence electrons. The van der Waals surface area contributed by atoms with Crippen LogP contribution in [0.2, 0.25) is 0 Å². The van der Waals surface area contributed by atoms with Crippen molar-refractivity contribution in [3.63, 3.8) is 0 Å². The molecule has 2 aromatic heterocycles. The summed E-state index contributed by atoms with van der Waals surface area (Å²) in [5, 5.41) is 2.33. The average Bonchev–Trinajstić information content (AvgIpc) is 3.57. The van der Waals surface area contributed by atoms with E-state index in [9.17, 15) is 23.6 Å². The number of carbonyl (C=O) groups excluding carboxylic acids is 4. The van der Waals surface area contributed by atoms with Crippen molar-refractivity contribution in [3.05, 3.63) is 53.0 Å². The van der Waals surface area contributed by atoms with Gasteiger partial charge in [0, 0.05) is 32.2 Å². The number of furan rings is 1. The summed E-state index contributed by atoms with van der Waals surface area (Å²) >= 11 is 0. The van der Waals surface area contributed by atoms with E-state index >= 15 is 0 Å². The normalized spacial score (nSPS) is 22.9. The van der Waals surface area contributed by atoms with Crippen LogP contribution in [0.25, 0.3) is 11.1 Å². The summed E-state index contributed by atoms with van der Waals surface area (Å²) in [6.45, 7) is 1.04. The van der Waals surface area contributed by atoms with Crippen LogP contribution >= 0.6 is 0 Å². The standard InChI is InChI=1S/C27H26FN5O6/c1-38-18-5-4-14-11-33(25(36)22(14)23(18)28)13-27(10-21(34)31-26(27)37)19-9-16-17(39-19)6-7-20(30-16)32-8-2-3-15(12-32)24(29)35/h4-7,9,15H,2-3,8,10-13H2,1H3,(H2,29,35)(H,31,34,37)/t15?,27-/m1/s1. The summed E-state index contributed by atoms with van der Waals surface area (Å²) < 4.78 is 26.0. The zero-order valence-electron chi connectivity index (χ0n) is 21.2. The Morgan fingerprint density at radius 2 is 2.10 bits per heavy atom. The molecule has 2 fully saturated rings. The van der Waals surface area contributed by atoms with Crippen LogP contribution < -0.4 is 20.7 Å². The monoisotopic (exact) mass is 535 g/mol. The van der Waals surface area contributed by atoms with Gasteiger partial charge in [-0.1, -0.05) is 6.07 Å². The quantitative estimate of drug-likeness (QED) is 0.453. The number of primary amides is 1. The Labute approximate surface area is 222 Å². The number of benzene rings is 1. The van der Waals surface area contributed by atoms with Crippen LogP contribution in [0, 0.1) is 11.7 Å². The Morgan fingerprint density at radius 3 is 2.82 bits per heavy atom. The van der Waals surface area contributed by atoms with Gasteiger partial charge in [0.15, 0.2) is 17.1 Å². The number of pyridine rings is 1. The topological polar surface area (TPSA) is 148 Å². The predicted octanol–water partition coefficient (Wildman–Crippen LogP) is 1.62. The number of ether oxygens (including phenoxy) is 1. The second-order valence-electron chi connectivity index (χ2n) is 10.3. The molecule has 2 atom stereocenters. The minimum Gasteiger partial charge on any atom is -0.494 e. The van der Waals surface area contributed by atoms with Gasteiger partial charge in [-0.3, -0.25) is 24.5 Å². The molecule has 3 aliphatic rings. The molecule has 0 saturated carbocycles. The number of halogens is 1. The maximum Gasteiger partial charge on any atom is 0.257 e. The number of rotatable bonds is 6. The summed E-state index contributed by atoms with van der Waals surface area (Å²) in [6.07, 6.45) is 1.29. The Balaban J connectivity index is 1.34. The molecule has 1 unspecified atom stereocenters. The number of fused-ring (bicyclic) bond motifs is 2. The molecule has 2 saturated heterocycles. The number of hydrogen-bond donors (Lipinski definition) is 2. The first-order valence-corrected chi connectivity index (χ1v) is 12.6. The van der Waals surface area contributed by atoms with E-state index in [2.05, 4.69) is 10.3 Å². The number of nitrogens with two attached hydrogens (primary N) is 1. The SMILES string of the molecule is COc1ccc2c(c1F)C(=O)N(C[C@@]1(c3cc4nc(N5CCCC(C(N)=O)C5)ccc4o3)CC(=O)NC1=O)C2. The van der Waals surface area contributed by atoms with Crippen LogP contribution in [0.15, 0.2) is 34.7 Å². The van der Waals surface area contributed by atoms with E-state index in [1.165, 1.54) is 18.1 Å². The van der Waals surface area contributed by atoms with E-state index in [1.807, 2.05) is 4.90 Å². The highest BCUT2D eigenvalue weighted by atomic mass is 19.1. The highest BCUT2D eigenvalue weighted by Gasteiger charge is 2.53. The minimum atomic E-state index is -1.52. The number of nitrogens with zero attached hydrogens (tertiary/aromatic N) is 3. The number of piperidine rings is 1. The van der Waals surface area contributed by atoms with Crippen LogP contribution in [-0.2, 0) is 26.3 Å². The Hall–Kier alpha value is -4.48. The van der Waals surface area contributed by atoms with Gasteiger partial charge in [0.25, 0.3) is 5.91 Å². The fraction of sp³-hybridized carbons (Fsp3) is 0.370. The van der Waals surface area contributed by atoms with Crippen molar-refractivity contribution in [3.8, 4) is 5.75 Å². The van der Waals surface area contributed by atoms with E-state index in [-0.39, 0.29) is 48.4 Å². The van der Waals surface area contributed by atoms with Gasteiger partial charge in [-0.05, 0) is 36.6 Å². The fourth-order valence-electron chi connectivity index (χ4n) is 5.80. The number of aromatic nitrogens is 1. The second-order valence-corrected chi connectivity index (χ2v) is 10.3. The van der Waals surface area contributed by atoms with Gasteiger partial charge >= 0.3 is 0 Å². The fourth-order valence-corrected chi connectivity index (χ4v) is 5.80. The Kier molecular flexibility index (Phi) is 5.77. The summed E-state index contributed by atoms with van der Waals surface area (Å²) in [5.41, 5.74) is 5.21. The zero-order valence-corrected chi connectivity index (χ0v) is 21.2. The van der Waals surface area contributed by atoms with Gasteiger partial charge in [0.1, 0.15) is 22.5 Å². The molecule has 39 heavy (non-hydrogen) atoms. The summed E-state index contributed by atoms with van der Waals surface area (Å²) in [6, 6.07) is 8.14. The number of methoxy groups -OCH3 is 1. The average molecular weight is 536 g/mol. The first-order valence-electron chi connectivity index (χ1n) is 12.6. The third-order valence-electron chi connectivity index (χ3n) is 7.86. The highest BCUT2D eigenvalue weighted by molar-refractivity contribution is 6.10. The van der Waals surface area contributed by atoms with E-state index in [4.69, 9.17) is 14.9 Å². The van der Waals surface area contributed by atoms with Crippen LogP contribution in [-0.4, -0.2) is 60.3 Å². The number of nitrogens with one attached hydrogen (secondary N) is 1. The number of amides is 4. The molecule has 0 bridgehead atoms. The van der Waals surface area contributed by atoms with E-state index in [0.29, 0.717) is 35.6 Å². The first-order chi connectivity index (χ1) is 18.7. The molecule has 5 heterocycles. The lowest BCUT2D eigenvalue weighted by Crippen LogP contribution is -2.46. The lowest BCUT2D eigenvalue weighted by Gasteiger charge is -2.32. The molecule has 11 nitrogen and oxygen atoms in total. The van der Waals surface area contributed by atoms with Gasteiger partial charge in [-0.25, -0.2) is 9.37 Å². The second kappa shape index (κ2) is 9.07. The molecule has 3 N–H and O–H groups in total. The maximum atomic E-state index is 14.9. The van der Waals surface area contributed by atoms with Gasteiger partial charge in [0.05, 0.1) is 25.0 Å². The molecular formula is C27H26FN5O6. The number of carbonyl (C=O) groups is 4. The molecular weight excluding hydrogens is 509 g/mol. The minimum absolute atomic E-state index is 0.0533. The smallest absolute Gasteiger partial charge is 0.257 e. The van der Waals surface area contributed by atoms with Crippen molar-refractivity contribution in [1.82, 2.24) is 15.2 Å². The van der Waals surface area contributed by atoms with Crippen molar-refractivity contribution >= 4 is 40.5 Å². The van der Waals surface area contributed by atoms with Gasteiger partial charge < -0.3 is 24.7 Å². The Bertz CT molecular complexity index is 1550. The van der Waals surface area contributed by atoms with E-state index < -0.39 is 29.0 Å². The molecule has 0 radical (unpaired) electrons. The van der Waals surface area contributed by atoms with Crippen molar-refractivity contribution in [2.24, 2.45) is 11.7 Å². The van der Waals surface area contributed by atoms with E-state index in [0.717, 1.165) is 12.8 Å². The molecule has 0 spiro atoms. The first kappa shape index (κ1) is 24.8. The molecule has 1 aromatic carbocycles. The number of hydrogen-bond acceptors (Lipinski definition) is 8. The van der Waals surface area contributed by atoms with Crippen molar-refractivity contribution < 1.29 is 32.7 Å². The molecule has 12 heteroatoms. The van der Waals surface area contributed by atoms with Crippen LogP contribution in [0.3, 0.4) is 0 Å². The molecule has 6 rings (SSSR count). The maximum absolute atomic E-state index is 14.9. The Morgan fingerprint density at radius 1 is 1.28 bits per heavy atom. The lowest BCUT2D eigenvalue weighted by atomic mass is 9.82. The highest BCUT2D eigenvalue weighted by Crippen LogP contribution is 2.40.